The summed E-state index contributed by atoms with van der Waals surface area (Å²) >= 11 is 0. The van der Waals surface area contributed by atoms with Crippen LogP contribution in [0.3, 0.4) is 0 Å². The molecule has 0 N–H and O–H groups in total. The molecule has 0 radical (unpaired) electrons. The largest absolute Gasteiger partial charge is 0.353 e. The van der Waals surface area contributed by atoms with Gasteiger partial charge < -0.3 is 19.6 Å². The summed E-state index contributed by atoms with van der Waals surface area (Å²) < 4.78 is 0. The Kier molecular flexibility index (Phi) is 6.68. The van der Waals surface area contributed by atoms with Crippen molar-refractivity contribution in [3.63, 3.8) is 0 Å². The van der Waals surface area contributed by atoms with Crippen molar-refractivity contribution in [2.45, 2.75) is 41.5 Å². The van der Waals surface area contributed by atoms with Crippen LogP contribution in [0.4, 0.5) is 11.6 Å². The molecular formula is C24H36N6O2. The summed E-state index contributed by atoms with van der Waals surface area (Å²) in [5, 5.41) is 9.63. The van der Waals surface area contributed by atoms with Gasteiger partial charge in [-0.2, -0.15) is 5.26 Å². The zero-order valence-corrected chi connectivity index (χ0v) is 20.3. The van der Waals surface area contributed by atoms with E-state index in [1.165, 1.54) is 0 Å². The zero-order valence-electron chi connectivity index (χ0n) is 20.3. The van der Waals surface area contributed by atoms with E-state index in [9.17, 15) is 14.9 Å². The fraction of sp³-hybridized carbons (Fsp3) is 0.667. The second-order valence-electron chi connectivity index (χ2n) is 10.7. The van der Waals surface area contributed by atoms with Crippen LogP contribution >= 0.6 is 0 Å². The van der Waals surface area contributed by atoms with Crippen LogP contribution in [0.1, 0.15) is 47.1 Å². The number of carbonyl (C=O) groups is 2. The summed E-state index contributed by atoms with van der Waals surface area (Å²) in [7, 11) is 0. The highest BCUT2D eigenvalue weighted by molar-refractivity contribution is 5.82. The first-order valence-corrected chi connectivity index (χ1v) is 11.4. The van der Waals surface area contributed by atoms with E-state index in [-0.39, 0.29) is 17.2 Å². The second kappa shape index (κ2) is 8.97. The number of nitrogens with zero attached hydrogens (tertiary/aromatic N) is 6. The molecule has 3 heterocycles. The summed E-state index contributed by atoms with van der Waals surface area (Å²) in [4.78, 5) is 38.1. The summed E-state index contributed by atoms with van der Waals surface area (Å²) in [6, 6.07) is 5.99. The standard InChI is InChI=1S/C24H36N6O2/c1-23(2,3)21(31)29-13-9-27(10-14-29)19-8-7-18(17-25)20(26-19)28-11-15-30(16-12-28)22(32)24(4,5)6/h7-8H,9-16H2,1-6H3. The van der Waals surface area contributed by atoms with Gasteiger partial charge in [0.2, 0.25) is 11.8 Å². The lowest BCUT2D eigenvalue weighted by molar-refractivity contribution is -0.140. The van der Waals surface area contributed by atoms with Crippen LogP contribution in [0.5, 0.6) is 0 Å². The predicted octanol–water partition coefficient (Wildman–Crippen LogP) is 2.34. The first kappa shape index (κ1) is 23.8. The minimum atomic E-state index is -0.394. The van der Waals surface area contributed by atoms with Crippen molar-refractivity contribution in [1.29, 1.82) is 5.26 Å². The van der Waals surface area contributed by atoms with Gasteiger partial charge in [-0.05, 0) is 12.1 Å². The molecule has 2 saturated heterocycles. The number of nitriles is 1. The molecule has 0 spiro atoms. The number of anilines is 2. The van der Waals surface area contributed by atoms with Gasteiger partial charge in [0.1, 0.15) is 17.7 Å². The molecule has 8 nitrogen and oxygen atoms in total. The summed E-state index contributed by atoms with van der Waals surface area (Å²) in [6.45, 7) is 17.0. The predicted molar refractivity (Wildman–Crippen MR) is 125 cm³/mol. The number of hydrogen-bond acceptors (Lipinski definition) is 6. The van der Waals surface area contributed by atoms with Crippen molar-refractivity contribution in [3.05, 3.63) is 17.7 Å². The van der Waals surface area contributed by atoms with E-state index < -0.39 is 5.41 Å². The van der Waals surface area contributed by atoms with Gasteiger partial charge >= 0.3 is 0 Å². The number of pyridine rings is 1. The Balaban J connectivity index is 1.69. The molecule has 0 unspecified atom stereocenters. The Labute approximate surface area is 191 Å². The van der Waals surface area contributed by atoms with Crippen molar-refractivity contribution in [2.24, 2.45) is 10.8 Å². The third-order valence-corrected chi connectivity index (χ3v) is 6.02. The van der Waals surface area contributed by atoms with Crippen molar-refractivity contribution < 1.29 is 9.59 Å². The van der Waals surface area contributed by atoms with Crippen molar-refractivity contribution in [3.8, 4) is 6.07 Å². The molecule has 8 heteroatoms. The number of piperazine rings is 2. The minimum Gasteiger partial charge on any atom is -0.353 e. The maximum Gasteiger partial charge on any atom is 0.228 e. The molecule has 3 rings (SSSR count). The van der Waals surface area contributed by atoms with E-state index in [0.717, 1.165) is 5.82 Å². The monoisotopic (exact) mass is 440 g/mol. The van der Waals surface area contributed by atoms with Gasteiger partial charge in [-0.25, -0.2) is 4.98 Å². The van der Waals surface area contributed by atoms with Crippen LogP contribution in [0.2, 0.25) is 0 Å². The summed E-state index contributed by atoms with van der Waals surface area (Å²) in [5.41, 5.74) is -0.223. The molecule has 2 fully saturated rings. The van der Waals surface area contributed by atoms with Gasteiger partial charge in [-0.15, -0.1) is 0 Å². The third kappa shape index (κ3) is 5.14. The van der Waals surface area contributed by atoms with Crippen LogP contribution in [-0.4, -0.2) is 79.0 Å². The maximum absolute atomic E-state index is 12.6. The fourth-order valence-corrected chi connectivity index (χ4v) is 4.15. The molecule has 0 bridgehead atoms. The van der Waals surface area contributed by atoms with Crippen LogP contribution in [0, 0.1) is 22.2 Å². The lowest BCUT2D eigenvalue weighted by Crippen LogP contribution is -2.52. The van der Waals surface area contributed by atoms with Gasteiger partial charge in [0.25, 0.3) is 0 Å². The Hall–Kier alpha value is -2.82. The molecule has 32 heavy (non-hydrogen) atoms. The molecule has 1 aromatic heterocycles. The molecule has 0 atom stereocenters. The molecule has 0 saturated carbocycles. The van der Waals surface area contributed by atoms with Crippen LogP contribution in [0.15, 0.2) is 12.1 Å². The van der Waals surface area contributed by atoms with Crippen molar-refractivity contribution in [2.75, 3.05) is 62.2 Å². The van der Waals surface area contributed by atoms with Gasteiger partial charge in [0.15, 0.2) is 0 Å². The fourth-order valence-electron chi connectivity index (χ4n) is 4.15. The molecule has 0 aromatic carbocycles. The van der Waals surface area contributed by atoms with Crippen molar-refractivity contribution in [1.82, 2.24) is 14.8 Å². The van der Waals surface area contributed by atoms with Crippen molar-refractivity contribution >= 4 is 23.5 Å². The van der Waals surface area contributed by atoms with E-state index in [1.807, 2.05) is 63.5 Å². The van der Waals surface area contributed by atoms with Gasteiger partial charge in [-0.1, -0.05) is 41.5 Å². The van der Waals surface area contributed by atoms with E-state index in [4.69, 9.17) is 4.98 Å². The first-order chi connectivity index (χ1) is 14.9. The average Bonchev–Trinajstić information content (AvgIpc) is 2.76. The Morgan fingerprint density at radius 1 is 0.781 bits per heavy atom. The molecule has 2 aliphatic rings. The molecule has 2 amide bonds. The Morgan fingerprint density at radius 3 is 1.62 bits per heavy atom. The topological polar surface area (TPSA) is 83.8 Å². The normalized spacial score (nSPS) is 17.9. The number of aromatic nitrogens is 1. The lowest BCUT2D eigenvalue weighted by Gasteiger charge is -2.40. The first-order valence-electron chi connectivity index (χ1n) is 11.4. The van der Waals surface area contributed by atoms with Crippen LogP contribution in [-0.2, 0) is 9.59 Å². The van der Waals surface area contributed by atoms with Crippen LogP contribution < -0.4 is 9.80 Å². The van der Waals surface area contributed by atoms with Gasteiger partial charge in [0.05, 0.1) is 5.56 Å². The number of rotatable bonds is 2. The lowest BCUT2D eigenvalue weighted by atomic mass is 9.94. The quantitative estimate of drug-likeness (QED) is 0.702. The highest BCUT2D eigenvalue weighted by Crippen LogP contribution is 2.26. The minimum absolute atomic E-state index is 0.155. The zero-order chi connectivity index (χ0) is 23.7. The van der Waals surface area contributed by atoms with E-state index in [2.05, 4.69) is 15.9 Å². The van der Waals surface area contributed by atoms with Gasteiger partial charge in [-0.3, -0.25) is 9.59 Å². The smallest absolute Gasteiger partial charge is 0.228 e. The number of hydrogen-bond donors (Lipinski definition) is 0. The molecular weight excluding hydrogens is 404 g/mol. The number of carbonyl (C=O) groups excluding carboxylic acids is 2. The molecule has 1 aromatic rings. The Bertz CT molecular complexity index is 893. The SMILES string of the molecule is CC(C)(C)C(=O)N1CCN(c2ccc(C#N)c(N3CCN(C(=O)C(C)(C)C)CC3)n2)CC1. The number of amides is 2. The van der Waals surface area contributed by atoms with E-state index >= 15 is 0 Å². The van der Waals surface area contributed by atoms with E-state index in [1.54, 1.807) is 0 Å². The highest BCUT2D eigenvalue weighted by atomic mass is 16.2. The molecule has 0 aliphatic carbocycles. The maximum atomic E-state index is 12.6. The summed E-state index contributed by atoms with van der Waals surface area (Å²) in [5.74, 6) is 1.84. The molecule has 174 valence electrons. The third-order valence-electron chi connectivity index (χ3n) is 6.02. The summed E-state index contributed by atoms with van der Waals surface area (Å²) in [6.07, 6.45) is 0. The Morgan fingerprint density at radius 2 is 1.22 bits per heavy atom. The molecule has 2 aliphatic heterocycles. The van der Waals surface area contributed by atoms with Gasteiger partial charge in [0, 0.05) is 63.2 Å². The van der Waals surface area contributed by atoms with Crippen LogP contribution in [0.25, 0.3) is 0 Å². The van der Waals surface area contributed by atoms with E-state index in [0.29, 0.717) is 63.7 Å². The average molecular weight is 441 g/mol. The second-order valence-corrected chi connectivity index (χ2v) is 10.7. The highest BCUT2D eigenvalue weighted by Gasteiger charge is 2.32.